The second-order valence-electron chi connectivity index (χ2n) is 15.2. The largest absolute Gasteiger partial charge is 0.472 e. The van der Waals surface area contributed by atoms with Gasteiger partial charge in [-0.2, -0.15) is 0 Å². The molecule has 0 radical (unpaired) electrons. The molecule has 1 saturated heterocycles. The molecule has 2 bridgehead atoms. The zero-order valence-corrected chi connectivity index (χ0v) is 30.4. The summed E-state index contributed by atoms with van der Waals surface area (Å²) in [5, 5.41) is 64.6. The lowest BCUT2D eigenvalue weighted by Crippen LogP contribution is -2.95. The van der Waals surface area contributed by atoms with Crippen molar-refractivity contribution in [3.63, 3.8) is 0 Å². The van der Waals surface area contributed by atoms with Crippen LogP contribution in [0.1, 0.15) is 72.5 Å². The number of methoxy groups -OCH3 is 1. The maximum atomic E-state index is 13.8. The second kappa shape index (κ2) is 13.3. The predicted octanol–water partition coefficient (Wildman–Crippen LogP) is -0.602. The van der Waals surface area contributed by atoms with Crippen LogP contribution in [0, 0.1) is 28.1 Å². The molecule has 0 amide bonds. The van der Waals surface area contributed by atoms with Crippen molar-refractivity contribution < 1.29 is 87.1 Å². The van der Waals surface area contributed by atoms with Crippen molar-refractivity contribution in [2.75, 3.05) is 20.3 Å². The first-order valence-electron chi connectivity index (χ1n) is 17.0. The molecule has 18 nitrogen and oxygen atoms in total. The van der Waals surface area contributed by atoms with Crippen LogP contribution in [0.3, 0.4) is 0 Å². The Morgan fingerprint density at radius 1 is 0.925 bits per heavy atom. The molecule has 5 N–H and O–H groups in total. The van der Waals surface area contributed by atoms with Crippen LogP contribution in [0.4, 0.5) is 0 Å². The molecule has 53 heavy (non-hydrogen) atoms. The Balaban J connectivity index is 2.02. The Labute approximate surface area is 303 Å². The fraction of sp³-hybridized carbons (Fsp3) is 0.714. The number of carbonyl (C=O) groups is 6. The number of fused-ring (bicyclic) bond motifs is 6. The minimum Gasteiger partial charge on any atom is -0.472 e. The zero-order valence-electron chi connectivity index (χ0n) is 30.4. The molecule has 3 aliphatic carbocycles. The monoisotopic (exact) mass is 754 g/mol. The third-order valence-corrected chi connectivity index (χ3v) is 12.3. The number of furan rings is 1. The summed E-state index contributed by atoms with van der Waals surface area (Å²) in [5.41, 5.74) is -15.8. The normalized spacial score (nSPS) is 42.9. The first-order chi connectivity index (χ1) is 24.6. The van der Waals surface area contributed by atoms with E-state index in [1.54, 1.807) is 0 Å². The zero-order chi connectivity index (χ0) is 39.7. The Morgan fingerprint density at radius 3 is 2.04 bits per heavy atom. The quantitative estimate of drug-likeness (QED) is 0.155. The van der Waals surface area contributed by atoms with E-state index in [-0.39, 0.29) is 5.56 Å². The van der Waals surface area contributed by atoms with Crippen LogP contribution in [0.2, 0.25) is 0 Å². The van der Waals surface area contributed by atoms with Gasteiger partial charge in [0, 0.05) is 61.8 Å². The van der Waals surface area contributed by atoms with Gasteiger partial charge in [0.15, 0.2) is 12.2 Å². The SMILES string of the molecule is COC(=O)CC1C(C)(CO)C(OC(C)=O)C2(O)CC1(COC(C)=O)C1(O)C(OC(C)=O)C(O)C3(C)C(c4ccoc4)OC(=O)CC3C1(O)C2OC(C)=O. The molecule has 2 heterocycles. The number of hydrogen-bond donors (Lipinski definition) is 5. The predicted molar refractivity (Wildman–Crippen MR) is 170 cm³/mol. The van der Waals surface area contributed by atoms with Crippen LogP contribution in [0.25, 0.3) is 0 Å². The lowest BCUT2D eigenvalue weighted by molar-refractivity contribution is -0.450. The maximum absolute atomic E-state index is 13.8. The number of ether oxygens (including phenoxy) is 6. The molecule has 1 aromatic heterocycles. The Morgan fingerprint density at radius 2 is 1.53 bits per heavy atom. The third kappa shape index (κ3) is 5.46. The molecule has 4 aliphatic rings. The van der Waals surface area contributed by atoms with E-state index in [1.165, 1.54) is 32.4 Å². The molecule has 13 unspecified atom stereocenters. The topological polar surface area (TPSA) is 272 Å². The average molecular weight is 755 g/mol. The van der Waals surface area contributed by atoms with Gasteiger partial charge in [-0.05, 0) is 18.4 Å². The van der Waals surface area contributed by atoms with E-state index < -0.39 is 144 Å². The standard InChI is InChI=1S/C35H46O18/c1-16(37)49-15-32-13-33(44,28(51-18(3)39)30(5,14-36)21(32)10-23(41)47-7)29(52-19(4)40)34(45)22-11-24(42)53-26(20-8-9-48-12-20)31(22,6)25(43)27(35(32,34)46)50-17(2)38/h8-9,12,21-22,25-29,36,43-46H,10-11,13-15H2,1-7H3. The van der Waals surface area contributed by atoms with Gasteiger partial charge in [0.2, 0.25) is 0 Å². The van der Waals surface area contributed by atoms with Crippen molar-refractivity contribution in [3.05, 3.63) is 24.2 Å². The highest BCUT2D eigenvalue weighted by Gasteiger charge is 2.91. The van der Waals surface area contributed by atoms with E-state index in [0.29, 0.717) is 0 Å². The Hall–Kier alpha value is -4.10. The van der Waals surface area contributed by atoms with Gasteiger partial charge in [0.05, 0.1) is 32.7 Å². The van der Waals surface area contributed by atoms with Crippen LogP contribution in [-0.2, 0) is 57.2 Å². The number of rotatable bonds is 9. The number of aliphatic hydroxyl groups excluding tert-OH is 2. The molecule has 1 aromatic rings. The minimum absolute atomic E-state index is 0.155. The van der Waals surface area contributed by atoms with Gasteiger partial charge in [-0.15, -0.1) is 0 Å². The number of esters is 6. The molecule has 0 aromatic carbocycles. The first-order valence-corrected chi connectivity index (χ1v) is 17.0. The van der Waals surface area contributed by atoms with Crippen LogP contribution in [0.15, 0.2) is 23.0 Å². The molecule has 1 aliphatic heterocycles. The van der Waals surface area contributed by atoms with Gasteiger partial charge >= 0.3 is 35.8 Å². The van der Waals surface area contributed by atoms with E-state index in [4.69, 9.17) is 32.8 Å². The molecule has 4 fully saturated rings. The molecular formula is C35H46O18. The van der Waals surface area contributed by atoms with Crippen molar-refractivity contribution in [3.8, 4) is 0 Å². The summed E-state index contributed by atoms with van der Waals surface area (Å²) in [4.78, 5) is 78.4. The number of aliphatic hydroxyl groups is 5. The smallest absolute Gasteiger partial charge is 0.306 e. The van der Waals surface area contributed by atoms with Gasteiger partial charge in [0.25, 0.3) is 0 Å². The molecule has 5 rings (SSSR count). The summed E-state index contributed by atoms with van der Waals surface area (Å²) in [6, 6.07) is 1.40. The van der Waals surface area contributed by atoms with Crippen molar-refractivity contribution in [2.24, 2.45) is 28.1 Å². The fourth-order valence-electron chi connectivity index (χ4n) is 10.4. The van der Waals surface area contributed by atoms with Crippen LogP contribution in [-0.4, -0.2) is 123 Å². The third-order valence-electron chi connectivity index (χ3n) is 12.3. The van der Waals surface area contributed by atoms with E-state index >= 15 is 0 Å². The van der Waals surface area contributed by atoms with Crippen molar-refractivity contribution in [1.29, 1.82) is 0 Å². The molecule has 13 atom stereocenters. The van der Waals surface area contributed by atoms with Crippen LogP contribution in [0.5, 0.6) is 0 Å². The first kappa shape index (κ1) is 40.1. The van der Waals surface area contributed by atoms with E-state index in [9.17, 15) is 54.3 Å². The summed E-state index contributed by atoms with van der Waals surface area (Å²) >= 11 is 0. The van der Waals surface area contributed by atoms with Crippen molar-refractivity contribution in [2.45, 2.75) is 108 Å². The van der Waals surface area contributed by atoms with Gasteiger partial charge < -0.3 is 58.4 Å². The highest BCUT2D eigenvalue weighted by Crippen LogP contribution is 2.75. The lowest BCUT2D eigenvalue weighted by atomic mass is 9.31. The number of cyclic esters (lactones) is 1. The highest BCUT2D eigenvalue weighted by atomic mass is 16.6. The van der Waals surface area contributed by atoms with Gasteiger partial charge in [0.1, 0.15) is 41.7 Å². The molecule has 294 valence electrons. The van der Waals surface area contributed by atoms with Gasteiger partial charge in [-0.25, -0.2) is 0 Å². The van der Waals surface area contributed by atoms with E-state index in [1.807, 2.05) is 0 Å². The minimum atomic E-state index is -3.27. The highest BCUT2D eigenvalue weighted by molar-refractivity contribution is 5.74. The molecule has 18 heteroatoms. The van der Waals surface area contributed by atoms with Gasteiger partial charge in [-0.3, -0.25) is 28.8 Å². The molecule has 3 saturated carbocycles. The summed E-state index contributed by atoms with van der Waals surface area (Å²) in [7, 11) is 1.03. The summed E-state index contributed by atoms with van der Waals surface area (Å²) in [5.74, 6) is -9.70. The fourth-order valence-corrected chi connectivity index (χ4v) is 10.4. The Kier molecular flexibility index (Phi) is 10.1. The molecular weight excluding hydrogens is 708 g/mol. The van der Waals surface area contributed by atoms with Crippen LogP contribution >= 0.6 is 0 Å². The summed E-state index contributed by atoms with van der Waals surface area (Å²) in [6.07, 6.45) is -10.5. The van der Waals surface area contributed by atoms with Crippen LogP contribution < -0.4 is 0 Å². The average Bonchev–Trinajstić information content (AvgIpc) is 3.62. The number of carbonyl (C=O) groups excluding carboxylic acids is 6. The van der Waals surface area contributed by atoms with Crippen molar-refractivity contribution >= 4 is 35.8 Å². The van der Waals surface area contributed by atoms with Gasteiger partial charge in [-0.1, -0.05) is 13.8 Å². The van der Waals surface area contributed by atoms with Crippen molar-refractivity contribution in [1.82, 2.24) is 0 Å². The maximum Gasteiger partial charge on any atom is 0.306 e. The second-order valence-corrected chi connectivity index (χ2v) is 15.2. The Bertz CT molecular complexity index is 1660. The van der Waals surface area contributed by atoms with E-state index in [2.05, 4.69) is 0 Å². The number of hydrogen-bond acceptors (Lipinski definition) is 18. The lowest BCUT2D eigenvalue weighted by Gasteiger charge is -2.78. The summed E-state index contributed by atoms with van der Waals surface area (Å²) in [6.45, 7) is 4.40. The van der Waals surface area contributed by atoms with E-state index in [0.717, 1.165) is 34.8 Å². The molecule has 0 spiro atoms. The summed E-state index contributed by atoms with van der Waals surface area (Å²) < 4.78 is 38.7.